The summed E-state index contributed by atoms with van der Waals surface area (Å²) in [4.78, 5) is 0. The number of nitriles is 3. The van der Waals surface area contributed by atoms with E-state index in [0.29, 0.717) is 19.3 Å². The molecule has 3 heteroatoms. The highest BCUT2D eigenvalue weighted by atomic mass is 14.2. The van der Waals surface area contributed by atoms with Gasteiger partial charge in [-0.25, -0.2) is 0 Å². The molecule has 0 bridgehead atoms. The molecule has 22 heavy (non-hydrogen) atoms. The molecule has 0 atom stereocenters. The Morgan fingerprint density at radius 3 is 1.73 bits per heavy atom. The van der Waals surface area contributed by atoms with Gasteiger partial charge in [-0.2, -0.15) is 15.8 Å². The Morgan fingerprint density at radius 1 is 0.727 bits per heavy atom. The summed E-state index contributed by atoms with van der Waals surface area (Å²) in [5.41, 5.74) is 0. The van der Waals surface area contributed by atoms with E-state index in [9.17, 15) is 0 Å². The van der Waals surface area contributed by atoms with Gasteiger partial charge in [0.2, 0.25) is 0 Å². The lowest BCUT2D eigenvalue weighted by Crippen LogP contribution is -1.60. The molecular weight excluding hydrogens is 270 g/mol. The second kappa shape index (κ2) is 31.2. The summed E-state index contributed by atoms with van der Waals surface area (Å²) in [7, 11) is 0. The quantitative estimate of drug-likeness (QED) is 0.428. The summed E-state index contributed by atoms with van der Waals surface area (Å²) >= 11 is 0. The molecule has 0 unspecified atom stereocenters. The van der Waals surface area contributed by atoms with Crippen LogP contribution in [0, 0.1) is 34.0 Å². The highest BCUT2D eigenvalue weighted by Crippen LogP contribution is 1.89. The molecule has 0 spiro atoms. The highest BCUT2D eigenvalue weighted by Gasteiger charge is 1.72. The summed E-state index contributed by atoms with van der Waals surface area (Å²) in [5, 5.41) is 24.1. The minimum Gasteiger partial charge on any atom is -0.198 e. The molecule has 120 valence electrons. The van der Waals surface area contributed by atoms with Gasteiger partial charge in [-0.15, -0.1) is 0 Å². The summed E-state index contributed by atoms with van der Waals surface area (Å²) in [6.45, 7) is 6.13. The van der Waals surface area contributed by atoms with Crippen LogP contribution in [0.5, 0.6) is 0 Å². The van der Waals surface area contributed by atoms with Crippen molar-refractivity contribution >= 4 is 0 Å². The maximum absolute atomic E-state index is 8.06. The van der Waals surface area contributed by atoms with E-state index in [-0.39, 0.29) is 0 Å². The van der Waals surface area contributed by atoms with Crippen molar-refractivity contribution in [1.29, 1.82) is 15.8 Å². The second-order valence-electron chi connectivity index (χ2n) is 4.13. The Morgan fingerprint density at radius 2 is 1.32 bits per heavy atom. The highest BCUT2D eigenvalue weighted by molar-refractivity contribution is 4.90. The van der Waals surface area contributed by atoms with Gasteiger partial charge in [0.05, 0.1) is 31.0 Å². The van der Waals surface area contributed by atoms with Gasteiger partial charge in [0.25, 0.3) is 0 Å². The molecule has 0 N–H and O–H groups in total. The molecule has 0 radical (unpaired) electrons. The van der Waals surface area contributed by atoms with Gasteiger partial charge in [0.15, 0.2) is 0 Å². The molecule has 0 aromatic rings. The Bertz CT molecular complexity index is 398. The fourth-order valence-corrected chi connectivity index (χ4v) is 1.04. The second-order valence-corrected chi connectivity index (χ2v) is 4.13. The van der Waals surface area contributed by atoms with Gasteiger partial charge in [-0.05, 0) is 26.2 Å². The first-order valence-corrected chi connectivity index (χ1v) is 7.76. The third-order valence-electron chi connectivity index (χ3n) is 2.10. The molecular formula is C19H29N3. The maximum atomic E-state index is 8.06. The Kier molecular flexibility index (Phi) is 35.0. The maximum Gasteiger partial charge on any atom is 0.0663 e. The summed E-state index contributed by atoms with van der Waals surface area (Å²) < 4.78 is 0. The minimum atomic E-state index is 0.549. The lowest BCUT2D eigenvalue weighted by atomic mass is 10.3. The molecule has 0 saturated heterocycles. The topological polar surface area (TPSA) is 71.4 Å². The average Bonchev–Trinajstić information content (AvgIpc) is 2.54. The van der Waals surface area contributed by atoms with E-state index in [1.807, 2.05) is 62.4 Å². The van der Waals surface area contributed by atoms with Crippen molar-refractivity contribution in [2.45, 2.75) is 65.7 Å². The van der Waals surface area contributed by atoms with Crippen LogP contribution in [0.2, 0.25) is 0 Å². The van der Waals surface area contributed by atoms with E-state index in [1.165, 1.54) is 6.42 Å². The fourth-order valence-electron chi connectivity index (χ4n) is 1.04. The number of hydrogen-bond acceptors (Lipinski definition) is 3. The molecule has 0 aliphatic rings. The van der Waals surface area contributed by atoms with Gasteiger partial charge in [-0.3, -0.25) is 0 Å². The van der Waals surface area contributed by atoms with Crippen LogP contribution in [0.25, 0.3) is 0 Å². The molecule has 0 fully saturated rings. The van der Waals surface area contributed by atoms with Crippen LogP contribution in [-0.4, -0.2) is 0 Å². The van der Waals surface area contributed by atoms with Crippen LogP contribution in [0.1, 0.15) is 65.7 Å². The molecule has 0 amide bonds. The summed E-state index contributed by atoms with van der Waals surface area (Å²) in [6, 6.07) is 6.11. The van der Waals surface area contributed by atoms with Crippen LogP contribution < -0.4 is 0 Å². The molecule has 0 aromatic heterocycles. The summed E-state index contributed by atoms with van der Waals surface area (Å²) in [6.07, 6.45) is 17.7. The number of unbranched alkanes of at least 4 members (excludes halogenated alkanes) is 2. The molecule has 0 aliphatic carbocycles. The predicted molar refractivity (Wildman–Crippen MR) is 93.6 cm³/mol. The SMILES string of the molecule is C/C=C/CCC#N.CC/C=C/CC#N.CCC/C=C/CC#N. The Balaban J connectivity index is -0.000000247. The first-order valence-electron chi connectivity index (χ1n) is 7.76. The van der Waals surface area contributed by atoms with Gasteiger partial charge in [-0.1, -0.05) is 56.7 Å². The smallest absolute Gasteiger partial charge is 0.0663 e. The molecule has 0 aromatic carbocycles. The van der Waals surface area contributed by atoms with E-state index in [2.05, 4.69) is 13.0 Å². The molecule has 0 rings (SSSR count). The van der Waals surface area contributed by atoms with Crippen molar-refractivity contribution in [2.24, 2.45) is 0 Å². The lowest BCUT2D eigenvalue weighted by Gasteiger charge is -1.78. The Hall–Kier alpha value is -2.31. The van der Waals surface area contributed by atoms with Crippen molar-refractivity contribution in [3.8, 4) is 18.2 Å². The third kappa shape index (κ3) is 43.1. The zero-order valence-electron chi connectivity index (χ0n) is 14.3. The van der Waals surface area contributed by atoms with Crippen molar-refractivity contribution in [3.05, 3.63) is 36.5 Å². The first-order chi connectivity index (χ1) is 10.7. The van der Waals surface area contributed by atoms with Crippen molar-refractivity contribution in [3.63, 3.8) is 0 Å². The lowest BCUT2D eigenvalue weighted by molar-refractivity contribution is 0.955. The van der Waals surface area contributed by atoms with Crippen LogP contribution in [0.15, 0.2) is 36.5 Å². The zero-order chi connectivity index (χ0) is 17.3. The number of allylic oxidation sites excluding steroid dienone is 6. The summed E-state index contributed by atoms with van der Waals surface area (Å²) in [5.74, 6) is 0. The van der Waals surface area contributed by atoms with Gasteiger partial charge >= 0.3 is 0 Å². The number of rotatable bonds is 7. The van der Waals surface area contributed by atoms with Crippen molar-refractivity contribution in [1.82, 2.24) is 0 Å². The monoisotopic (exact) mass is 299 g/mol. The number of hydrogen-bond donors (Lipinski definition) is 0. The van der Waals surface area contributed by atoms with E-state index >= 15 is 0 Å². The largest absolute Gasteiger partial charge is 0.198 e. The first kappa shape index (κ1) is 24.7. The zero-order valence-corrected chi connectivity index (χ0v) is 14.3. The predicted octanol–water partition coefficient (Wildman–Crippen LogP) is 5.99. The van der Waals surface area contributed by atoms with Crippen LogP contribution in [0.4, 0.5) is 0 Å². The molecule has 0 aliphatic heterocycles. The van der Waals surface area contributed by atoms with Gasteiger partial charge < -0.3 is 0 Å². The standard InChI is InChI=1S/C7H11N.2C6H9N/c1-2-3-4-5-6-7-8;2*1-2-3-4-5-6-7/h4-5H,2-3,6H2,1H3;3-4H,2,5H2,1H3;2-3H,4-5H2,1H3/b5-4+;4-3+;3-2+. The van der Waals surface area contributed by atoms with Crippen LogP contribution in [-0.2, 0) is 0 Å². The van der Waals surface area contributed by atoms with E-state index in [4.69, 9.17) is 15.8 Å². The van der Waals surface area contributed by atoms with Gasteiger partial charge in [0, 0.05) is 6.42 Å². The molecule has 0 heterocycles. The minimum absolute atomic E-state index is 0.549. The Labute approximate surface area is 136 Å². The van der Waals surface area contributed by atoms with Crippen LogP contribution >= 0.6 is 0 Å². The average molecular weight is 299 g/mol. The van der Waals surface area contributed by atoms with E-state index < -0.39 is 0 Å². The van der Waals surface area contributed by atoms with Crippen molar-refractivity contribution in [2.75, 3.05) is 0 Å². The number of nitrogens with zero attached hydrogens (tertiary/aromatic N) is 3. The fraction of sp³-hybridized carbons (Fsp3) is 0.526. The molecule has 0 saturated carbocycles. The van der Waals surface area contributed by atoms with Crippen LogP contribution in [0.3, 0.4) is 0 Å². The normalized spacial score (nSPS) is 9.27. The van der Waals surface area contributed by atoms with E-state index in [0.717, 1.165) is 19.3 Å². The van der Waals surface area contributed by atoms with E-state index in [1.54, 1.807) is 0 Å². The molecule has 3 nitrogen and oxygen atoms in total. The van der Waals surface area contributed by atoms with Gasteiger partial charge in [0.1, 0.15) is 0 Å². The third-order valence-corrected chi connectivity index (χ3v) is 2.10. The van der Waals surface area contributed by atoms with Crippen molar-refractivity contribution < 1.29 is 0 Å².